The molecule has 6 heteroatoms. The average Bonchev–Trinajstić information content (AvgIpc) is 3.48. The molecule has 5 rings (SSSR count). The Balaban J connectivity index is 1.32. The predicted molar refractivity (Wildman–Crippen MR) is 104 cm³/mol. The van der Waals surface area contributed by atoms with Gasteiger partial charge in [0.15, 0.2) is 17.1 Å². The number of rotatable bonds is 5. The number of carbonyl (C=O) groups is 1. The Kier molecular flexibility index (Phi) is 4.24. The molecule has 1 aromatic heterocycles. The highest BCUT2D eigenvalue weighted by Crippen LogP contribution is 2.43. The molecule has 1 aliphatic carbocycles. The van der Waals surface area contributed by atoms with Crippen molar-refractivity contribution >= 4 is 23.1 Å². The summed E-state index contributed by atoms with van der Waals surface area (Å²) in [6, 6.07) is 13.4. The summed E-state index contributed by atoms with van der Waals surface area (Å²) in [5.74, 6) is 2.19. The van der Waals surface area contributed by atoms with Gasteiger partial charge in [0.1, 0.15) is 18.7 Å². The zero-order valence-corrected chi connectivity index (χ0v) is 15.3. The van der Waals surface area contributed by atoms with Crippen LogP contribution >= 0.6 is 0 Å². The van der Waals surface area contributed by atoms with E-state index in [0.717, 1.165) is 35.4 Å². The summed E-state index contributed by atoms with van der Waals surface area (Å²) >= 11 is 0. The van der Waals surface area contributed by atoms with Gasteiger partial charge in [0.25, 0.3) is 0 Å². The maximum Gasteiger partial charge on any atom is 0.244 e. The molecule has 0 bridgehead atoms. The molecule has 1 saturated carbocycles. The number of benzene rings is 2. The lowest BCUT2D eigenvalue weighted by molar-refractivity contribution is -0.117. The van der Waals surface area contributed by atoms with E-state index in [1.165, 1.54) is 6.08 Å². The van der Waals surface area contributed by atoms with E-state index in [9.17, 15) is 4.79 Å². The van der Waals surface area contributed by atoms with E-state index in [2.05, 4.69) is 10.3 Å². The van der Waals surface area contributed by atoms with Gasteiger partial charge in [-0.1, -0.05) is 18.2 Å². The Bertz CT molecular complexity index is 1020. The van der Waals surface area contributed by atoms with Crippen molar-refractivity contribution in [2.75, 3.05) is 13.2 Å². The number of para-hydroxylation sites is 2. The zero-order valence-electron chi connectivity index (χ0n) is 15.3. The average molecular weight is 376 g/mol. The molecule has 1 atom stereocenters. The largest absolute Gasteiger partial charge is 0.486 e. The molecule has 0 radical (unpaired) electrons. The van der Waals surface area contributed by atoms with Crippen LogP contribution in [0.3, 0.4) is 0 Å². The molecule has 0 saturated heterocycles. The smallest absolute Gasteiger partial charge is 0.244 e. The third-order valence-electron chi connectivity index (χ3n) is 5.00. The van der Waals surface area contributed by atoms with Crippen LogP contribution in [0.2, 0.25) is 0 Å². The van der Waals surface area contributed by atoms with E-state index < -0.39 is 0 Å². The highest BCUT2D eigenvalue weighted by molar-refractivity contribution is 5.91. The molecule has 1 aliphatic heterocycles. The second-order valence-electron chi connectivity index (χ2n) is 7.08. The summed E-state index contributed by atoms with van der Waals surface area (Å²) in [4.78, 5) is 16.9. The maximum absolute atomic E-state index is 12.5. The molecule has 6 nitrogen and oxygen atoms in total. The third kappa shape index (κ3) is 3.45. The van der Waals surface area contributed by atoms with E-state index in [4.69, 9.17) is 13.9 Å². The van der Waals surface area contributed by atoms with Crippen LogP contribution < -0.4 is 14.8 Å². The van der Waals surface area contributed by atoms with E-state index in [1.807, 2.05) is 42.5 Å². The summed E-state index contributed by atoms with van der Waals surface area (Å²) in [5, 5.41) is 3.11. The number of nitrogens with zero attached hydrogens (tertiary/aromatic N) is 1. The van der Waals surface area contributed by atoms with Crippen LogP contribution in [0.15, 0.2) is 53.0 Å². The van der Waals surface area contributed by atoms with Crippen LogP contribution in [0, 0.1) is 5.92 Å². The van der Waals surface area contributed by atoms with Crippen LogP contribution in [0.25, 0.3) is 17.2 Å². The molecule has 1 unspecified atom stereocenters. The summed E-state index contributed by atoms with van der Waals surface area (Å²) in [6.45, 7) is 1.11. The van der Waals surface area contributed by atoms with Crippen LogP contribution in [0.5, 0.6) is 11.5 Å². The van der Waals surface area contributed by atoms with Gasteiger partial charge in [0.2, 0.25) is 11.8 Å². The molecule has 0 spiro atoms. The van der Waals surface area contributed by atoms with Gasteiger partial charge < -0.3 is 19.2 Å². The minimum Gasteiger partial charge on any atom is -0.486 e. The number of nitrogens with one attached hydrogen (secondary N) is 1. The number of aromatic nitrogens is 1. The van der Waals surface area contributed by atoms with E-state index in [-0.39, 0.29) is 11.9 Å². The van der Waals surface area contributed by atoms with Gasteiger partial charge in [-0.2, -0.15) is 0 Å². The van der Waals surface area contributed by atoms with Gasteiger partial charge in [-0.15, -0.1) is 0 Å². The molecule has 3 aromatic rings. The van der Waals surface area contributed by atoms with Crippen LogP contribution in [0.4, 0.5) is 0 Å². The van der Waals surface area contributed by atoms with Gasteiger partial charge >= 0.3 is 0 Å². The second-order valence-corrected chi connectivity index (χ2v) is 7.08. The van der Waals surface area contributed by atoms with E-state index in [1.54, 1.807) is 6.08 Å². The quantitative estimate of drug-likeness (QED) is 0.684. The van der Waals surface area contributed by atoms with Gasteiger partial charge in [0.05, 0.1) is 6.04 Å². The minimum absolute atomic E-state index is 0.0448. The number of ether oxygens (including phenoxy) is 2. The zero-order chi connectivity index (χ0) is 18.9. The number of carbonyl (C=O) groups excluding carboxylic acids is 1. The summed E-state index contributed by atoms with van der Waals surface area (Å²) < 4.78 is 16.9. The monoisotopic (exact) mass is 376 g/mol. The molecule has 142 valence electrons. The minimum atomic E-state index is -0.172. The maximum atomic E-state index is 12.5. The van der Waals surface area contributed by atoms with E-state index >= 15 is 0 Å². The van der Waals surface area contributed by atoms with Gasteiger partial charge in [-0.25, -0.2) is 4.98 Å². The standard InChI is InChI=1S/C22H20N2O4/c25-20(9-10-21-23-16-3-1-2-4-17(16)28-21)24-22(14-5-6-14)15-7-8-18-19(13-15)27-12-11-26-18/h1-4,7-10,13-14,22H,5-6,11-12H2,(H,24,25). The van der Waals surface area contributed by atoms with E-state index in [0.29, 0.717) is 30.6 Å². The lowest BCUT2D eigenvalue weighted by atomic mass is 10.0. The first-order chi connectivity index (χ1) is 13.8. The van der Waals surface area contributed by atoms with Crippen molar-refractivity contribution in [1.82, 2.24) is 10.3 Å². The Hall–Kier alpha value is -3.28. The number of oxazole rings is 1. The molecule has 2 heterocycles. The van der Waals surface area contributed by atoms with Gasteiger partial charge in [-0.05, 0) is 48.6 Å². The Labute approximate surface area is 162 Å². The highest BCUT2D eigenvalue weighted by Gasteiger charge is 2.33. The van der Waals surface area contributed by atoms with Crippen molar-refractivity contribution in [2.24, 2.45) is 5.92 Å². The number of hydrogen-bond acceptors (Lipinski definition) is 5. The van der Waals surface area contributed by atoms with Crippen molar-refractivity contribution in [1.29, 1.82) is 0 Å². The summed E-state index contributed by atoms with van der Waals surface area (Å²) in [6.07, 6.45) is 5.28. The summed E-state index contributed by atoms with van der Waals surface area (Å²) in [7, 11) is 0. The van der Waals surface area contributed by atoms with Gasteiger partial charge in [0, 0.05) is 12.2 Å². The molecule has 28 heavy (non-hydrogen) atoms. The van der Waals surface area contributed by atoms with Crippen LogP contribution in [-0.2, 0) is 4.79 Å². The number of hydrogen-bond donors (Lipinski definition) is 1. The third-order valence-corrected chi connectivity index (χ3v) is 5.00. The van der Waals surface area contributed by atoms with Crippen molar-refractivity contribution in [3.63, 3.8) is 0 Å². The molecule has 2 aliphatic rings. The first-order valence-electron chi connectivity index (χ1n) is 9.50. The van der Waals surface area contributed by atoms with Crippen LogP contribution in [0.1, 0.15) is 30.3 Å². The highest BCUT2D eigenvalue weighted by atomic mass is 16.6. The van der Waals surface area contributed by atoms with Crippen molar-refractivity contribution in [3.05, 3.63) is 60.0 Å². The molecular weight excluding hydrogens is 356 g/mol. The number of fused-ring (bicyclic) bond motifs is 2. The predicted octanol–water partition coefficient (Wildman–Crippen LogP) is 3.88. The molecule has 1 N–H and O–H groups in total. The Morgan fingerprint density at radius 3 is 2.75 bits per heavy atom. The fourth-order valence-corrected chi connectivity index (χ4v) is 3.47. The van der Waals surface area contributed by atoms with Gasteiger partial charge in [-0.3, -0.25) is 4.79 Å². The lowest BCUT2D eigenvalue weighted by Gasteiger charge is -2.22. The summed E-state index contributed by atoms with van der Waals surface area (Å²) in [5.41, 5.74) is 2.51. The van der Waals surface area contributed by atoms with Crippen molar-refractivity contribution < 1.29 is 18.7 Å². The first-order valence-corrected chi connectivity index (χ1v) is 9.50. The lowest BCUT2D eigenvalue weighted by Crippen LogP contribution is -2.28. The SMILES string of the molecule is O=C(C=Cc1nc2ccccc2o1)NC(c1ccc2c(c1)OCCO2)C1CC1. The fraction of sp³-hybridized carbons (Fsp3) is 0.273. The number of amides is 1. The topological polar surface area (TPSA) is 73.6 Å². The molecule has 2 aromatic carbocycles. The Morgan fingerprint density at radius 1 is 1.11 bits per heavy atom. The van der Waals surface area contributed by atoms with Crippen molar-refractivity contribution in [2.45, 2.75) is 18.9 Å². The first kappa shape index (κ1) is 16.9. The normalized spacial score (nSPS) is 17.0. The molecule has 1 amide bonds. The molecular formula is C22H20N2O4. The second kappa shape index (κ2) is 7.03. The van der Waals surface area contributed by atoms with Crippen LogP contribution in [-0.4, -0.2) is 24.1 Å². The Morgan fingerprint density at radius 2 is 1.93 bits per heavy atom. The fourth-order valence-electron chi connectivity index (χ4n) is 3.47. The molecule has 1 fully saturated rings. The van der Waals surface area contributed by atoms with Crippen molar-refractivity contribution in [3.8, 4) is 11.5 Å².